The Morgan fingerprint density at radius 3 is 2.64 bits per heavy atom. The van der Waals surface area contributed by atoms with Crippen LogP contribution in [0.25, 0.3) is 10.2 Å². The lowest BCUT2D eigenvalue weighted by Gasteiger charge is -2.26. The smallest absolute Gasteiger partial charge is 0.268 e. The van der Waals surface area contributed by atoms with Crippen LogP contribution >= 0.6 is 43.2 Å². The molecule has 2 aromatic heterocycles. The number of hydrogen-bond donors (Lipinski definition) is 1. The first-order valence-corrected chi connectivity index (χ1v) is 11.6. The van der Waals surface area contributed by atoms with Crippen LogP contribution in [0, 0.1) is 0 Å². The van der Waals surface area contributed by atoms with Gasteiger partial charge in [0.25, 0.3) is 5.91 Å². The molecule has 0 aliphatic carbocycles. The molecule has 3 aromatic rings. The molecule has 0 bridgehead atoms. The van der Waals surface area contributed by atoms with Gasteiger partial charge in [-0.1, -0.05) is 28.1 Å². The summed E-state index contributed by atoms with van der Waals surface area (Å²) in [5.41, 5.74) is 2.95. The predicted octanol–water partition coefficient (Wildman–Crippen LogP) is 4.34. The topological polar surface area (TPSA) is 46.5 Å². The van der Waals surface area contributed by atoms with Crippen molar-refractivity contribution in [3.63, 3.8) is 0 Å². The normalized spacial score (nSPS) is 15.2. The molecule has 148 valence electrons. The van der Waals surface area contributed by atoms with Gasteiger partial charge in [-0.2, -0.15) is 0 Å². The van der Waals surface area contributed by atoms with Crippen molar-refractivity contribution in [2.24, 2.45) is 0 Å². The molecule has 1 saturated heterocycles. The van der Waals surface area contributed by atoms with E-state index in [0.717, 1.165) is 56.9 Å². The molecule has 0 saturated carbocycles. The van der Waals surface area contributed by atoms with E-state index in [4.69, 9.17) is 4.74 Å². The monoisotopic (exact) mass is 525 g/mol. The molecule has 28 heavy (non-hydrogen) atoms. The maximum atomic E-state index is 12.9. The van der Waals surface area contributed by atoms with E-state index in [2.05, 4.69) is 64.8 Å². The van der Waals surface area contributed by atoms with Gasteiger partial charge in [0.05, 0.1) is 27.2 Å². The van der Waals surface area contributed by atoms with Crippen molar-refractivity contribution in [2.75, 3.05) is 39.4 Å². The van der Waals surface area contributed by atoms with E-state index in [1.807, 2.05) is 18.2 Å². The third-order valence-corrected chi connectivity index (χ3v) is 6.97. The van der Waals surface area contributed by atoms with Gasteiger partial charge in [-0.25, -0.2) is 0 Å². The van der Waals surface area contributed by atoms with E-state index in [1.54, 1.807) is 11.3 Å². The number of morpholine rings is 1. The van der Waals surface area contributed by atoms with E-state index in [-0.39, 0.29) is 5.91 Å². The molecule has 3 heterocycles. The number of amides is 1. The molecule has 5 nitrogen and oxygen atoms in total. The fourth-order valence-electron chi connectivity index (χ4n) is 3.39. The molecule has 1 aliphatic heterocycles. The Balaban J connectivity index is 1.51. The fraction of sp³-hybridized carbons (Fsp3) is 0.350. The Morgan fingerprint density at radius 1 is 1.14 bits per heavy atom. The molecular formula is C20H21Br2N3O2S. The summed E-state index contributed by atoms with van der Waals surface area (Å²) in [6.45, 7) is 5.55. The Kier molecular flexibility index (Phi) is 6.52. The highest BCUT2D eigenvalue weighted by atomic mass is 79.9. The number of ether oxygens (including phenoxy) is 1. The van der Waals surface area contributed by atoms with Crippen LogP contribution in [0.5, 0.6) is 0 Å². The quantitative estimate of drug-likeness (QED) is 0.519. The number of benzene rings is 1. The van der Waals surface area contributed by atoms with Crippen LogP contribution in [-0.4, -0.2) is 54.8 Å². The van der Waals surface area contributed by atoms with E-state index in [1.165, 1.54) is 0 Å². The number of hydrogen-bond acceptors (Lipinski definition) is 4. The van der Waals surface area contributed by atoms with Crippen molar-refractivity contribution in [2.45, 2.75) is 6.54 Å². The molecule has 0 radical (unpaired) electrons. The Hall–Kier alpha value is -1.19. The van der Waals surface area contributed by atoms with E-state index < -0.39 is 0 Å². The highest BCUT2D eigenvalue weighted by molar-refractivity contribution is 9.11. The highest BCUT2D eigenvalue weighted by Gasteiger charge is 2.18. The Bertz CT molecular complexity index is 962. The Morgan fingerprint density at radius 2 is 1.89 bits per heavy atom. The molecule has 1 amide bonds. The minimum absolute atomic E-state index is 0.0232. The molecule has 0 spiro atoms. The van der Waals surface area contributed by atoms with E-state index in [9.17, 15) is 4.79 Å². The zero-order chi connectivity index (χ0) is 19.5. The summed E-state index contributed by atoms with van der Waals surface area (Å²) < 4.78 is 10.7. The highest BCUT2D eigenvalue weighted by Crippen LogP contribution is 2.33. The van der Waals surface area contributed by atoms with Crippen molar-refractivity contribution in [1.82, 2.24) is 14.8 Å². The average Bonchev–Trinajstić information content (AvgIpc) is 3.21. The van der Waals surface area contributed by atoms with Crippen LogP contribution < -0.4 is 5.32 Å². The second-order valence-corrected chi connectivity index (χ2v) is 10.1. The van der Waals surface area contributed by atoms with Crippen molar-refractivity contribution in [3.05, 3.63) is 55.9 Å². The standard InChI is InChI=1S/C20H21Br2N3O2S/c21-15-3-1-14(2-4-15)13-25-16-12-19(22)28-18(16)11-17(25)20(26)23-5-6-24-7-9-27-10-8-24/h1-4,11-12H,5-10,13H2,(H,23,26). The van der Waals surface area contributed by atoms with E-state index in [0.29, 0.717) is 18.8 Å². The minimum atomic E-state index is -0.0232. The number of carbonyl (C=O) groups excluding carboxylic acids is 1. The second kappa shape index (κ2) is 9.09. The van der Waals surface area contributed by atoms with Crippen LogP contribution in [0.1, 0.15) is 16.1 Å². The van der Waals surface area contributed by atoms with Crippen molar-refractivity contribution in [3.8, 4) is 0 Å². The first-order valence-electron chi connectivity index (χ1n) is 9.21. The lowest BCUT2D eigenvalue weighted by Crippen LogP contribution is -2.41. The number of thiophene rings is 1. The summed E-state index contributed by atoms with van der Waals surface area (Å²) in [6, 6.07) is 12.3. The van der Waals surface area contributed by atoms with Gasteiger partial charge in [-0.15, -0.1) is 11.3 Å². The van der Waals surface area contributed by atoms with Gasteiger partial charge in [0, 0.05) is 37.2 Å². The average molecular weight is 527 g/mol. The first-order chi connectivity index (χ1) is 13.6. The summed E-state index contributed by atoms with van der Waals surface area (Å²) in [5, 5.41) is 3.09. The summed E-state index contributed by atoms with van der Waals surface area (Å²) in [5.74, 6) is -0.0232. The molecular weight excluding hydrogens is 506 g/mol. The molecule has 4 rings (SSSR count). The van der Waals surface area contributed by atoms with Gasteiger partial charge >= 0.3 is 0 Å². The van der Waals surface area contributed by atoms with Gasteiger partial charge in [0.2, 0.25) is 0 Å². The minimum Gasteiger partial charge on any atom is -0.379 e. The molecule has 8 heteroatoms. The van der Waals surface area contributed by atoms with Crippen molar-refractivity contribution >= 4 is 59.3 Å². The zero-order valence-corrected chi connectivity index (χ0v) is 19.3. The van der Waals surface area contributed by atoms with Crippen LogP contribution in [0.2, 0.25) is 0 Å². The number of aromatic nitrogens is 1. The zero-order valence-electron chi connectivity index (χ0n) is 15.3. The second-order valence-electron chi connectivity index (χ2n) is 6.75. The molecule has 1 aromatic carbocycles. The van der Waals surface area contributed by atoms with Gasteiger partial charge in [0.15, 0.2) is 0 Å². The van der Waals surface area contributed by atoms with Crippen LogP contribution in [0.15, 0.2) is 44.7 Å². The molecule has 1 fully saturated rings. The number of halogens is 2. The number of carbonyl (C=O) groups is 1. The number of rotatable bonds is 6. The predicted molar refractivity (Wildman–Crippen MR) is 120 cm³/mol. The van der Waals surface area contributed by atoms with Crippen molar-refractivity contribution in [1.29, 1.82) is 0 Å². The summed E-state index contributed by atoms with van der Waals surface area (Å²) in [7, 11) is 0. The third kappa shape index (κ3) is 4.68. The molecule has 0 unspecified atom stereocenters. The molecule has 1 N–H and O–H groups in total. The van der Waals surface area contributed by atoms with Gasteiger partial charge in [-0.3, -0.25) is 9.69 Å². The summed E-state index contributed by atoms with van der Waals surface area (Å²) >= 11 is 8.69. The summed E-state index contributed by atoms with van der Waals surface area (Å²) in [4.78, 5) is 15.2. The van der Waals surface area contributed by atoms with Crippen LogP contribution in [-0.2, 0) is 11.3 Å². The largest absolute Gasteiger partial charge is 0.379 e. The SMILES string of the molecule is O=C(NCCN1CCOCC1)c1cc2sc(Br)cc2n1Cc1ccc(Br)cc1. The van der Waals surface area contributed by atoms with Crippen LogP contribution in [0.4, 0.5) is 0 Å². The Labute approximate surface area is 184 Å². The number of nitrogens with zero attached hydrogens (tertiary/aromatic N) is 2. The van der Waals surface area contributed by atoms with Gasteiger partial charge < -0.3 is 14.6 Å². The third-order valence-electron chi connectivity index (χ3n) is 4.86. The molecule has 1 aliphatic rings. The van der Waals surface area contributed by atoms with Gasteiger partial charge in [0.1, 0.15) is 5.69 Å². The van der Waals surface area contributed by atoms with E-state index >= 15 is 0 Å². The number of fused-ring (bicyclic) bond motifs is 1. The van der Waals surface area contributed by atoms with Crippen molar-refractivity contribution < 1.29 is 9.53 Å². The van der Waals surface area contributed by atoms with Gasteiger partial charge in [-0.05, 0) is 45.8 Å². The fourth-order valence-corrected chi connectivity index (χ4v) is 5.21. The lowest BCUT2D eigenvalue weighted by molar-refractivity contribution is 0.0383. The molecule has 0 atom stereocenters. The maximum absolute atomic E-state index is 12.9. The first kappa shape index (κ1) is 20.1. The summed E-state index contributed by atoms with van der Waals surface area (Å²) in [6.07, 6.45) is 0. The lowest BCUT2D eigenvalue weighted by atomic mass is 10.2. The van der Waals surface area contributed by atoms with Crippen LogP contribution in [0.3, 0.4) is 0 Å². The maximum Gasteiger partial charge on any atom is 0.268 e. The number of nitrogens with one attached hydrogen (secondary N) is 1.